The van der Waals surface area contributed by atoms with E-state index in [1.807, 2.05) is 47.0 Å². The highest BCUT2D eigenvalue weighted by molar-refractivity contribution is 6.28. The van der Waals surface area contributed by atoms with Gasteiger partial charge in [0, 0.05) is 25.3 Å². The number of nitrogen functional groups attached to an aromatic ring is 1. The van der Waals surface area contributed by atoms with Crippen LogP contribution in [-0.4, -0.2) is 32.2 Å². The van der Waals surface area contributed by atoms with Crippen LogP contribution >= 0.6 is 11.6 Å². The molecule has 0 unspecified atom stereocenters. The van der Waals surface area contributed by atoms with Crippen molar-refractivity contribution in [2.24, 2.45) is 0 Å². The smallest absolute Gasteiger partial charge is 0.407 e. The van der Waals surface area contributed by atoms with Crippen LogP contribution < -0.4 is 16.4 Å². The molecule has 0 atom stereocenters. The fraction of sp³-hybridized carbons (Fsp3) is 0.250. The molecule has 0 aliphatic carbocycles. The van der Waals surface area contributed by atoms with Gasteiger partial charge in [0.2, 0.25) is 5.28 Å². The van der Waals surface area contributed by atoms with Crippen molar-refractivity contribution in [3.05, 3.63) is 77.3 Å². The standard InChI is InChI=1S/C24H26ClN7O2/c25-23-30-21(26)20-22(31-23)32(16-29-20)11-4-5-12-34-24(33)28-15-18-9-6-10-19(13-18)27-14-17-7-2-1-3-8-17/h1-3,6-10,13,16,27H,4-5,11-12,14-15H2,(H,28,33)(H2,26,30,31). The van der Waals surface area contributed by atoms with Crippen molar-refractivity contribution in [3.8, 4) is 0 Å². The summed E-state index contributed by atoms with van der Waals surface area (Å²) in [7, 11) is 0. The summed E-state index contributed by atoms with van der Waals surface area (Å²) in [5.41, 5.74) is 10.1. The molecule has 4 rings (SSSR count). The Bertz CT molecular complexity index is 1250. The number of nitrogens with one attached hydrogen (secondary N) is 2. The third kappa shape index (κ3) is 6.35. The number of unbranched alkanes of at least 4 members (excludes halogenated alkanes) is 1. The van der Waals surface area contributed by atoms with E-state index in [-0.39, 0.29) is 11.1 Å². The maximum absolute atomic E-state index is 12.0. The van der Waals surface area contributed by atoms with Crippen LogP contribution in [0.25, 0.3) is 11.2 Å². The quantitative estimate of drug-likeness (QED) is 0.228. The van der Waals surface area contributed by atoms with Gasteiger partial charge in [0.05, 0.1) is 12.9 Å². The average molecular weight is 480 g/mol. The third-order valence-corrected chi connectivity index (χ3v) is 5.36. The van der Waals surface area contributed by atoms with Crippen molar-refractivity contribution in [2.75, 3.05) is 17.7 Å². The number of nitrogens with two attached hydrogens (primary N) is 1. The predicted octanol–water partition coefficient (Wildman–Crippen LogP) is 4.38. The number of halogens is 1. The summed E-state index contributed by atoms with van der Waals surface area (Å²) in [5, 5.41) is 6.27. The Kier molecular flexibility index (Phi) is 7.77. The van der Waals surface area contributed by atoms with Crippen LogP contribution in [0.15, 0.2) is 60.9 Å². The minimum Gasteiger partial charge on any atom is -0.450 e. The van der Waals surface area contributed by atoms with Crippen LogP contribution in [0.4, 0.5) is 16.3 Å². The number of rotatable bonds is 10. The lowest BCUT2D eigenvalue weighted by molar-refractivity contribution is 0.143. The van der Waals surface area contributed by atoms with Gasteiger partial charge in [-0.3, -0.25) is 0 Å². The van der Waals surface area contributed by atoms with Gasteiger partial charge in [0.15, 0.2) is 11.5 Å². The highest BCUT2D eigenvalue weighted by Gasteiger charge is 2.10. The van der Waals surface area contributed by atoms with Crippen molar-refractivity contribution in [1.82, 2.24) is 24.8 Å². The number of nitrogens with zero attached hydrogens (tertiary/aromatic N) is 4. The zero-order valence-electron chi connectivity index (χ0n) is 18.6. The Hall–Kier alpha value is -3.85. The van der Waals surface area contributed by atoms with Gasteiger partial charge in [-0.25, -0.2) is 9.78 Å². The molecule has 2 heterocycles. The summed E-state index contributed by atoms with van der Waals surface area (Å²) in [6, 6.07) is 18.1. The molecule has 4 N–H and O–H groups in total. The zero-order valence-corrected chi connectivity index (χ0v) is 19.3. The Balaban J connectivity index is 1.15. The van der Waals surface area contributed by atoms with Crippen LogP contribution in [0.3, 0.4) is 0 Å². The van der Waals surface area contributed by atoms with Crippen molar-refractivity contribution < 1.29 is 9.53 Å². The van der Waals surface area contributed by atoms with E-state index in [1.54, 1.807) is 6.33 Å². The van der Waals surface area contributed by atoms with Crippen molar-refractivity contribution in [1.29, 1.82) is 0 Å². The second-order valence-electron chi connectivity index (χ2n) is 7.72. The van der Waals surface area contributed by atoms with Crippen LogP contribution in [0.2, 0.25) is 5.28 Å². The minimum absolute atomic E-state index is 0.0873. The van der Waals surface area contributed by atoms with E-state index in [9.17, 15) is 4.79 Å². The maximum Gasteiger partial charge on any atom is 0.407 e. The molecule has 4 aromatic rings. The number of aryl methyl sites for hydroxylation is 1. The summed E-state index contributed by atoms with van der Waals surface area (Å²) in [6.07, 6.45) is 2.68. The van der Waals surface area contributed by atoms with Crippen molar-refractivity contribution in [2.45, 2.75) is 32.5 Å². The third-order valence-electron chi connectivity index (χ3n) is 5.19. The monoisotopic (exact) mass is 479 g/mol. The molecular weight excluding hydrogens is 454 g/mol. The van der Waals surface area contributed by atoms with Crippen molar-refractivity contribution in [3.63, 3.8) is 0 Å². The van der Waals surface area contributed by atoms with E-state index in [0.29, 0.717) is 37.3 Å². The van der Waals surface area contributed by atoms with Gasteiger partial charge in [-0.15, -0.1) is 0 Å². The SMILES string of the molecule is Nc1nc(Cl)nc2c1ncn2CCCCOC(=O)NCc1cccc(NCc2ccccc2)c1. The molecule has 2 aromatic carbocycles. The lowest BCUT2D eigenvalue weighted by Gasteiger charge is -2.10. The van der Waals surface area contributed by atoms with Gasteiger partial charge in [0.25, 0.3) is 0 Å². The number of anilines is 2. The fourth-order valence-corrected chi connectivity index (χ4v) is 3.64. The first-order valence-corrected chi connectivity index (χ1v) is 11.4. The van der Waals surface area contributed by atoms with Crippen molar-refractivity contribution >= 4 is 40.4 Å². The van der Waals surface area contributed by atoms with Crippen LogP contribution in [0, 0.1) is 0 Å². The Labute approximate surface area is 202 Å². The van der Waals surface area contributed by atoms with E-state index in [2.05, 4.69) is 37.7 Å². The molecule has 0 aliphatic heterocycles. The number of ether oxygens (including phenoxy) is 1. The minimum atomic E-state index is -0.442. The molecule has 0 radical (unpaired) electrons. The topological polar surface area (TPSA) is 120 Å². The van der Waals surface area contributed by atoms with E-state index in [0.717, 1.165) is 24.2 Å². The van der Waals surface area contributed by atoms with Crippen LogP contribution in [0.5, 0.6) is 0 Å². The van der Waals surface area contributed by atoms with Gasteiger partial charge in [-0.1, -0.05) is 42.5 Å². The lowest BCUT2D eigenvalue weighted by atomic mass is 10.2. The number of carbonyl (C=O) groups excluding carboxylic acids is 1. The highest BCUT2D eigenvalue weighted by Crippen LogP contribution is 2.18. The Morgan fingerprint density at radius 3 is 2.71 bits per heavy atom. The van der Waals surface area contributed by atoms with Crippen LogP contribution in [-0.2, 0) is 24.4 Å². The summed E-state index contributed by atoms with van der Waals surface area (Å²) in [5.74, 6) is 0.256. The number of benzene rings is 2. The molecule has 2 aromatic heterocycles. The lowest BCUT2D eigenvalue weighted by Crippen LogP contribution is -2.24. The molecular formula is C24H26ClN7O2. The number of aromatic nitrogens is 4. The van der Waals surface area contributed by atoms with E-state index >= 15 is 0 Å². The number of carbonyl (C=O) groups is 1. The number of hydrogen-bond acceptors (Lipinski definition) is 7. The molecule has 10 heteroatoms. The average Bonchev–Trinajstić information content (AvgIpc) is 3.25. The highest BCUT2D eigenvalue weighted by atomic mass is 35.5. The van der Waals surface area contributed by atoms with Gasteiger partial charge >= 0.3 is 6.09 Å². The van der Waals surface area contributed by atoms with E-state index in [4.69, 9.17) is 22.1 Å². The number of amides is 1. The first kappa shape index (κ1) is 23.3. The molecule has 9 nitrogen and oxygen atoms in total. The van der Waals surface area contributed by atoms with Gasteiger partial charge in [-0.2, -0.15) is 9.97 Å². The summed E-state index contributed by atoms with van der Waals surface area (Å²) >= 11 is 5.88. The summed E-state index contributed by atoms with van der Waals surface area (Å²) < 4.78 is 7.15. The first-order chi connectivity index (χ1) is 16.6. The van der Waals surface area contributed by atoms with Gasteiger partial charge in [0.1, 0.15) is 5.52 Å². The summed E-state index contributed by atoms with van der Waals surface area (Å²) in [6.45, 7) is 2.09. The molecule has 0 bridgehead atoms. The molecule has 34 heavy (non-hydrogen) atoms. The molecule has 0 aliphatic rings. The first-order valence-electron chi connectivity index (χ1n) is 11.0. The molecule has 0 saturated carbocycles. The number of fused-ring (bicyclic) bond motifs is 1. The normalized spacial score (nSPS) is 10.9. The maximum atomic E-state index is 12.0. The van der Waals surface area contributed by atoms with Gasteiger partial charge in [-0.05, 0) is 47.7 Å². The molecule has 0 saturated heterocycles. The second-order valence-corrected chi connectivity index (χ2v) is 8.06. The predicted molar refractivity (Wildman–Crippen MR) is 132 cm³/mol. The number of hydrogen-bond donors (Lipinski definition) is 3. The molecule has 0 spiro atoms. The second kappa shape index (κ2) is 11.3. The zero-order chi connectivity index (χ0) is 23.8. The Morgan fingerprint density at radius 1 is 1.03 bits per heavy atom. The Morgan fingerprint density at radius 2 is 1.85 bits per heavy atom. The van der Waals surface area contributed by atoms with Crippen LogP contribution in [0.1, 0.15) is 24.0 Å². The van der Waals surface area contributed by atoms with E-state index in [1.165, 1.54) is 5.56 Å². The largest absolute Gasteiger partial charge is 0.450 e. The molecule has 1 amide bonds. The molecule has 0 fully saturated rings. The molecule has 176 valence electrons. The number of alkyl carbamates (subject to hydrolysis) is 1. The fourth-order valence-electron chi connectivity index (χ4n) is 3.47. The van der Waals surface area contributed by atoms with Gasteiger partial charge < -0.3 is 25.7 Å². The summed E-state index contributed by atoms with van der Waals surface area (Å²) in [4.78, 5) is 24.4. The van der Waals surface area contributed by atoms with E-state index < -0.39 is 6.09 Å². The number of imidazole rings is 1.